The van der Waals surface area contributed by atoms with Gasteiger partial charge >= 0.3 is 0 Å². The van der Waals surface area contributed by atoms with Gasteiger partial charge in [0.15, 0.2) is 0 Å². The van der Waals surface area contributed by atoms with Crippen LogP contribution in [0.1, 0.15) is 19.4 Å². The quantitative estimate of drug-likeness (QED) is 0.858. The minimum absolute atomic E-state index is 0.0130. The number of hydrogen-bond acceptors (Lipinski definition) is 4. The Labute approximate surface area is 125 Å². The number of aliphatic hydroxyl groups is 1. The topological polar surface area (TPSA) is 61.8 Å². The van der Waals surface area contributed by atoms with Crippen molar-refractivity contribution in [3.63, 3.8) is 0 Å². The number of nitrogens with one attached hydrogen (secondary N) is 1. The van der Waals surface area contributed by atoms with E-state index in [0.29, 0.717) is 19.6 Å². The third-order valence-electron chi connectivity index (χ3n) is 3.62. The van der Waals surface area contributed by atoms with Crippen molar-refractivity contribution in [1.29, 1.82) is 0 Å². The molecule has 5 heteroatoms. The van der Waals surface area contributed by atoms with Crippen molar-refractivity contribution in [2.24, 2.45) is 0 Å². The molecule has 0 bridgehead atoms. The molecule has 1 amide bonds. The van der Waals surface area contributed by atoms with Crippen LogP contribution in [0.2, 0.25) is 0 Å². The van der Waals surface area contributed by atoms with Crippen LogP contribution in [0.3, 0.4) is 0 Å². The molecule has 0 saturated carbocycles. The van der Waals surface area contributed by atoms with Gasteiger partial charge in [-0.2, -0.15) is 0 Å². The van der Waals surface area contributed by atoms with E-state index in [1.165, 1.54) is 5.56 Å². The number of carbonyl (C=O) groups is 1. The van der Waals surface area contributed by atoms with Crippen molar-refractivity contribution >= 4 is 11.6 Å². The lowest BCUT2D eigenvalue weighted by atomic mass is 10.1. The normalized spacial score (nSPS) is 23.0. The van der Waals surface area contributed by atoms with Crippen LogP contribution >= 0.6 is 0 Å². The number of benzene rings is 1. The molecule has 0 radical (unpaired) electrons. The number of aliphatic hydroxyl groups excluding tert-OH is 1. The number of hydrogen-bond donors (Lipinski definition) is 2. The Morgan fingerprint density at radius 3 is 2.71 bits per heavy atom. The smallest absolute Gasteiger partial charge is 0.238 e. The van der Waals surface area contributed by atoms with Crippen molar-refractivity contribution < 1.29 is 14.6 Å². The molecule has 1 aliphatic rings. The second kappa shape index (κ2) is 7.54. The summed E-state index contributed by atoms with van der Waals surface area (Å²) in [6.45, 7) is 5.66. The molecule has 2 unspecified atom stereocenters. The van der Waals surface area contributed by atoms with Gasteiger partial charge in [-0.3, -0.25) is 9.69 Å². The number of morpholine rings is 1. The number of nitrogens with zero attached hydrogens (tertiary/aromatic N) is 1. The highest BCUT2D eigenvalue weighted by molar-refractivity contribution is 5.92. The van der Waals surface area contributed by atoms with E-state index >= 15 is 0 Å². The Bertz CT molecular complexity index is 461. The lowest BCUT2D eigenvalue weighted by Gasteiger charge is -2.35. The van der Waals surface area contributed by atoms with Gasteiger partial charge in [0.25, 0.3) is 0 Å². The van der Waals surface area contributed by atoms with Crippen molar-refractivity contribution in [2.45, 2.75) is 32.5 Å². The summed E-state index contributed by atoms with van der Waals surface area (Å²) in [5, 5.41) is 12.1. The lowest BCUT2D eigenvalue weighted by molar-refractivity contribution is -0.124. The summed E-state index contributed by atoms with van der Waals surface area (Å²) in [6, 6.07) is 7.90. The molecule has 1 aliphatic heterocycles. The summed E-state index contributed by atoms with van der Waals surface area (Å²) in [6.07, 6.45) is 0.820. The first-order valence-corrected chi connectivity index (χ1v) is 7.48. The van der Waals surface area contributed by atoms with Crippen LogP contribution in [-0.2, 0) is 16.0 Å². The van der Waals surface area contributed by atoms with Gasteiger partial charge in [-0.05, 0) is 31.0 Å². The third-order valence-corrected chi connectivity index (χ3v) is 3.62. The molecule has 1 aromatic rings. The summed E-state index contributed by atoms with van der Waals surface area (Å²) in [5.74, 6) is -0.0370. The van der Waals surface area contributed by atoms with E-state index in [1.807, 2.05) is 36.1 Å². The molecular weight excluding hydrogens is 268 g/mol. The van der Waals surface area contributed by atoms with Crippen molar-refractivity contribution in [2.75, 3.05) is 31.6 Å². The van der Waals surface area contributed by atoms with Gasteiger partial charge < -0.3 is 15.2 Å². The largest absolute Gasteiger partial charge is 0.394 e. The molecule has 21 heavy (non-hydrogen) atoms. The Morgan fingerprint density at radius 2 is 2.10 bits per heavy atom. The van der Waals surface area contributed by atoms with Crippen LogP contribution in [0.15, 0.2) is 24.3 Å². The van der Waals surface area contributed by atoms with Crippen LogP contribution in [0, 0.1) is 0 Å². The molecule has 5 nitrogen and oxygen atoms in total. The molecule has 116 valence electrons. The maximum Gasteiger partial charge on any atom is 0.238 e. The molecular formula is C16H24N2O3. The van der Waals surface area contributed by atoms with Crippen molar-refractivity contribution in [3.8, 4) is 0 Å². The number of ether oxygens (including phenoxy) is 1. The molecule has 1 heterocycles. The Morgan fingerprint density at radius 1 is 1.38 bits per heavy atom. The summed E-state index contributed by atoms with van der Waals surface area (Å²) < 4.78 is 5.57. The van der Waals surface area contributed by atoms with Gasteiger partial charge in [0, 0.05) is 18.8 Å². The Balaban J connectivity index is 1.85. The van der Waals surface area contributed by atoms with Crippen molar-refractivity contribution in [1.82, 2.24) is 4.90 Å². The summed E-state index contributed by atoms with van der Waals surface area (Å²) in [4.78, 5) is 14.1. The van der Waals surface area contributed by atoms with Gasteiger partial charge in [-0.25, -0.2) is 0 Å². The highest BCUT2D eigenvalue weighted by Gasteiger charge is 2.25. The highest BCUT2D eigenvalue weighted by atomic mass is 16.5. The first kappa shape index (κ1) is 15.9. The van der Waals surface area contributed by atoms with E-state index in [4.69, 9.17) is 4.74 Å². The Kier molecular flexibility index (Phi) is 5.73. The minimum Gasteiger partial charge on any atom is -0.394 e. The number of rotatable bonds is 5. The SMILES string of the molecule is CCc1ccc(NC(=O)CN2CC(C)OC(CO)C2)cc1. The van der Waals surface area contributed by atoms with Crippen LogP contribution in [-0.4, -0.2) is 54.4 Å². The zero-order valence-corrected chi connectivity index (χ0v) is 12.7. The van der Waals surface area contributed by atoms with Crippen LogP contribution < -0.4 is 5.32 Å². The maximum absolute atomic E-state index is 12.1. The second-order valence-corrected chi connectivity index (χ2v) is 5.54. The predicted octanol–water partition coefficient (Wildman–Crippen LogP) is 1.27. The first-order valence-electron chi connectivity index (χ1n) is 7.48. The average molecular weight is 292 g/mol. The average Bonchev–Trinajstić information content (AvgIpc) is 2.47. The third kappa shape index (κ3) is 4.81. The minimum atomic E-state index is -0.203. The summed E-state index contributed by atoms with van der Waals surface area (Å²) >= 11 is 0. The molecule has 1 fully saturated rings. The van der Waals surface area contributed by atoms with E-state index in [-0.39, 0.29) is 24.7 Å². The number of aryl methyl sites for hydroxylation is 1. The Hall–Kier alpha value is -1.43. The number of amides is 1. The standard InChI is InChI=1S/C16H24N2O3/c1-3-13-4-6-14(7-5-13)17-16(20)10-18-8-12(2)21-15(9-18)11-19/h4-7,12,15,19H,3,8-11H2,1-2H3,(H,17,20). The zero-order valence-electron chi connectivity index (χ0n) is 12.7. The van der Waals surface area contributed by atoms with Crippen LogP contribution in [0.4, 0.5) is 5.69 Å². The van der Waals surface area contributed by atoms with Crippen LogP contribution in [0.25, 0.3) is 0 Å². The van der Waals surface area contributed by atoms with Gasteiger partial charge in [0.2, 0.25) is 5.91 Å². The maximum atomic E-state index is 12.1. The van der Waals surface area contributed by atoms with Gasteiger partial charge in [0.1, 0.15) is 0 Å². The molecule has 0 aliphatic carbocycles. The van der Waals surface area contributed by atoms with E-state index < -0.39 is 0 Å². The van der Waals surface area contributed by atoms with Gasteiger partial charge in [-0.15, -0.1) is 0 Å². The zero-order chi connectivity index (χ0) is 15.2. The molecule has 2 N–H and O–H groups in total. The lowest BCUT2D eigenvalue weighted by Crippen LogP contribution is -2.50. The van der Waals surface area contributed by atoms with Crippen LogP contribution in [0.5, 0.6) is 0 Å². The molecule has 2 rings (SSSR count). The summed E-state index contributed by atoms with van der Waals surface area (Å²) in [7, 11) is 0. The van der Waals surface area contributed by atoms with Gasteiger partial charge in [0.05, 0.1) is 25.4 Å². The van der Waals surface area contributed by atoms with Crippen molar-refractivity contribution in [3.05, 3.63) is 29.8 Å². The number of anilines is 1. The monoisotopic (exact) mass is 292 g/mol. The van der Waals surface area contributed by atoms with E-state index in [2.05, 4.69) is 12.2 Å². The molecule has 1 aromatic carbocycles. The fourth-order valence-corrected chi connectivity index (χ4v) is 2.60. The van der Waals surface area contributed by atoms with E-state index in [9.17, 15) is 9.90 Å². The molecule has 0 spiro atoms. The molecule has 2 atom stereocenters. The number of carbonyl (C=O) groups excluding carboxylic acids is 1. The predicted molar refractivity (Wildman–Crippen MR) is 82.3 cm³/mol. The highest BCUT2D eigenvalue weighted by Crippen LogP contribution is 2.12. The molecule has 0 aromatic heterocycles. The van der Waals surface area contributed by atoms with Gasteiger partial charge in [-0.1, -0.05) is 19.1 Å². The second-order valence-electron chi connectivity index (χ2n) is 5.54. The first-order chi connectivity index (χ1) is 10.1. The molecule has 1 saturated heterocycles. The fraction of sp³-hybridized carbons (Fsp3) is 0.562. The van der Waals surface area contributed by atoms with E-state index in [0.717, 1.165) is 12.1 Å². The summed E-state index contributed by atoms with van der Waals surface area (Å²) in [5.41, 5.74) is 2.07. The van der Waals surface area contributed by atoms with E-state index in [1.54, 1.807) is 0 Å². The fourth-order valence-electron chi connectivity index (χ4n) is 2.60.